The highest BCUT2D eigenvalue weighted by Gasteiger charge is 2.28. The Labute approximate surface area is 140 Å². The Bertz CT molecular complexity index is 873. The van der Waals surface area contributed by atoms with Gasteiger partial charge in [-0.2, -0.15) is 4.31 Å². The zero-order chi connectivity index (χ0) is 17.0. The quantitative estimate of drug-likeness (QED) is 0.658. The predicted molar refractivity (Wildman–Crippen MR) is 89.9 cm³/mol. The number of benzene rings is 1. The molecular formula is C17H18N2O4S. The van der Waals surface area contributed by atoms with E-state index in [1.165, 1.54) is 11.4 Å². The fraction of sp³-hybridized carbons (Fsp3) is 0.235. The summed E-state index contributed by atoms with van der Waals surface area (Å²) in [6, 6.07) is 14.1. The minimum absolute atomic E-state index is 0.0734. The molecule has 0 aliphatic carbocycles. The van der Waals surface area contributed by atoms with Crippen LogP contribution in [0, 0.1) is 0 Å². The van der Waals surface area contributed by atoms with Crippen molar-refractivity contribution in [3.8, 4) is 0 Å². The predicted octanol–water partition coefficient (Wildman–Crippen LogP) is 2.67. The Morgan fingerprint density at radius 2 is 1.96 bits per heavy atom. The van der Waals surface area contributed by atoms with Gasteiger partial charge in [-0.05, 0) is 18.2 Å². The maximum absolute atomic E-state index is 13.0. The lowest BCUT2D eigenvalue weighted by Crippen LogP contribution is -2.33. The third kappa shape index (κ3) is 3.48. The Kier molecular flexibility index (Phi) is 4.94. The fourth-order valence-electron chi connectivity index (χ4n) is 2.36. The second kappa shape index (κ2) is 7.12. The minimum atomic E-state index is -3.79. The van der Waals surface area contributed by atoms with Crippen molar-refractivity contribution in [2.24, 2.45) is 0 Å². The summed E-state index contributed by atoms with van der Waals surface area (Å²) in [5.41, 5.74) is 1.20. The number of rotatable bonds is 7. The monoisotopic (exact) mass is 346 g/mol. The van der Waals surface area contributed by atoms with Crippen LogP contribution >= 0.6 is 0 Å². The van der Waals surface area contributed by atoms with Gasteiger partial charge < -0.3 is 9.15 Å². The van der Waals surface area contributed by atoms with Crippen LogP contribution in [0.15, 0.2) is 64.2 Å². The van der Waals surface area contributed by atoms with Crippen LogP contribution in [-0.4, -0.2) is 38.0 Å². The van der Waals surface area contributed by atoms with Crippen molar-refractivity contribution in [1.29, 1.82) is 0 Å². The van der Waals surface area contributed by atoms with Gasteiger partial charge in [0.1, 0.15) is 5.58 Å². The Balaban J connectivity index is 1.94. The number of nitrogens with zero attached hydrogens (tertiary/aromatic N) is 2. The minimum Gasteiger partial charge on any atom is -0.443 e. The van der Waals surface area contributed by atoms with Crippen molar-refractivity contribution in [1.82, 2.24) is 9.29 Å². The highest BCUT2D eigenvalue weighted by Crippen LogP contribution is 2.25. The number of para-hydroxylation sites is 1. The number of ether oxygens (including phenoxy) is 1. The number of pyridine rings is 1. The highest BCUT2D eigenvalue weighted by molar-refractivity contribution is 7.89. The molecule has 0 radical (unpaired) electrons. The van der Waals surface area contributed by atoms with E-state index >= 15 is 0 Å². The second-order valence-electron chi connectivity index (χ2n) is 5.26. The van der Waals surface area contributed by atoms with Gasteiger partial charge in [-0.25, -0.2) is 8.42 Å². The van der Waals surface area contributed by atoms with Gasteiger partial charge in [0, 0.05) is 31.3 Å². The van der Waals surface area contributed by atoms with Gasteiger partial charge in [-0.3, -0.25) is 4.98 Å². The standard InChI is InChI=1S/C17H18N2O4S/c1-22-11-10-19(13-15-7-4-5-9-18-15)24(20,21)17-12-14-6-2-3-8-16(14)23-17/h2-9,12H,10-11,13H2,1H3. The van der Waals surface area contributed by atoms with Gasteiger partial charge in [0.05, 0.1) is 18.8 Å². The van der Waals surface area contributed by atoms with Gasteiger partial charge in [0.2, 0.25) is 5.09 Å². The van der Waals surface area contributed by atoms with E-state index in [0.717, 1.165) is 5.39 Å². The number of furan rings is 1. The highest BCUT2D eigenvalue weighted by atomic mass is 32.2. The van der Waals surface area contributed by atoms with E-state index in [1.54, 1.807) is 36.5 Å². The first kappa shape index (κ1) is 16.6. The van der Waals surface area contributed by atoms with Crippen LogP contribution < -0.4 is 0 Å². The summed E-state index contributed by atoms with van der Waals surface area (Å²) in [5.74, 6) is 0. The number of hydrogen-bond acceptors (Lipinski definition) is 5. The molecule has 0 atom stereocenters. The van der Waals surface area contributed by atoms with Crippen LogP contribution in [0.25, 0.3) is 11.0 Å². The summed E-state index contributed by atoms with van der Waals surface area (Å²) in [6.45, 7) is 0.655. The third-order valence-corrected chi connectivity index (χ3v) is 5.31. The largest absolute Gasteiger partial charge is 0.443 e. The fourth-order valence-corrected chi connectivity index (χ4v) is 3.70. The van der Waals surface area contributed by atoms with Crippen LogP contribution in [0.3, 0.4) is 0 Å². The van der Waals surface area contributed by atoms with E-state index in [4.69, 9.17) is 9.15 Å². The van der Waals surface area contributed by atoms with E-state index in [0.29, 0.717) is 11.3 Å². The summed E-state index contributed by atoms with van der Waals surface area (Å²) in [6.07, 6.45) is 1.64. The molecule has 126 valence electrons. The average Bonchev–Trinajstić information content (AvgIpc) is 3.04. The molecule has 3 rings (SSSR count). The van der Waals surface area contributed by atoms with Crippen LogP contribution in [0.4, 0.5) is 0 Å². The van der Waals surface area contributed by atoms with Gasteiger partial charge >= 0.3 is 0 Å². The lowest BCUT2D eigenvalue weighted by molar-refractivity contribution is 0.176. The van der Waals surface area contributed by atoms with Crippen molar-refractivity contribution in [2.45, 2.75) is 11.6 Å². The lowest BCUT2D eigenvalue weighted by Gasteiger charge is -2.20. The van der Waals surface area contributed by atoms with Crippen LogP contribution in [0.1, 0.15) is 5.69 Å². The summed E-state index contributed by atoms with van der Waals surface area (Å²) < 4.78 is 37.8. The molecule has 1 aromatic carbocycles. The van der Waals surface area contributed by atoms with Crippen LogP contribution in [-0.2, 0) is 21.3 Å². The molecule has 0 fully saturated rings. The number of fused-ring (bicyclic) bond motifs is 1. The molecule has 0 saturated heterocycles. The molecule has 6 nitrogen and oxygen atoms in total. The number of hydrogen-bond donors (Lipinski definition) is 0. The summed E-state index contributed by atoms with van der Waals surface area (Å²) in [4.78, 5) is 4.20. The van der Waals surface area contributed by atoms with Crippen LogP contribution in [0.5, 0.6) is 0 Å². The van der Waals surface area contributed by atoms with Gasteiger partial charge in [0.25, 0.3) is 10.0 Å². The molecule has 0 aliphatic rings. The molecule has 24 heavy (non-hydrogen) atoms. The van der Waals surface area contributed by atoms with Crippen molar-refractivity contribution in [3.63, 3.8) is 0 Å². The Morgan fingerprint density at radius 1 is 1.17 bits per heavy atom. The molecule has 7 heteroatoms. The van der Waals surface area contributed by atoms with E-state index < -0.39 is 10.0 Å². The number of methoxy groups -OCH3 is 1. The zero-order valence-electron chi connectivity index (χ0n) is 13.3. The lowest BCUT2D eigenvalue weighted by atomic mass is 10.3. The normalized spacial score (nSPS) is 12.1. The van der Waals surface area contributed by atoms with Crippen molar-refractivity contribution >= 4 is 21.0 Å². The summed E-state index contributed by atoms with van der Waals surface area (Å²) in [5, 5.41) is 0.677. The third-order valence-electron chi connectivity index (χ3n) is 3.61. The topological polar surface area (TPSA) is 72.6 Å². The second-order valence-corrected chi connectivity index (χ2v) is 7.12. The molecule has 2 heterocycles. The van der Waals surface area contributed by atoms with Crippen molar-refractivity contribution in [2.75, 3.05) is 20.3 Å². The van der Waals surface area contributed by atoms with Crippen LogP contribution in [0.2, 0.25) is 0 Å². The molecule has 0 amide bonds. The first-order valence-corrected chi connectivity index (χ1v) is 8.93. The van der Waals surface area contributed by atoms with Crippen molar-refractivity contribution < 1.29 is 17.6 Å². The molecule has 2 aromatic heterocycles. The number of aromatic nitrogens is 1. The molecular weight excluding hydrogens is 328 g/mol. The van der Waals surface area contributed by atoms with E-state index in [2.05, 4.69) is 4.98 Å². The zero-order valence-corrected chi connectivity index (χ0v) is 14.1. The average molecular weight is 346 g/mol. The SMILES string of the molecule is COCCN(Cc1ccccn1)S(=O)(=O)c1cc2ccccc2o1. The van der Waals surface area contributed by atoms with Crippen molar-refractivity contribution in [3.05, 3.63) is 60.4 Å². The molecule has 0 saturated carbocycles. The smallest absolute Gasteiger partial charge is 0.276 e. The number of sulfonamides is 1. The molecule has 0 aliphatic heterocycles. The summed E-state index contributed by atoms with van der Waals surface area (Å²) >= 11 is 0. The Hall–Kier alpha value is -2.22. The first-order chi connectivity index (χ1) is 11.6. The first-order valence-electron chi connectivity index (χ1n) is 7.49. The van der Waals surface area contributed by atoms with E-state index in [-0.39, 0.29) is 24.8 Å². The van der Waals surface area contributed by atoms with E-state index in [1.807, 2.05) is 18.2 Å². The maximum atomic E-state index is 13.0. The molecule has 0 unspecified atom stereocenters. The van der Waals surface area contributed by atoms with Gasteiger partial charge in [-0.15, -0.1) is 0 Å². The molecule has 3 aromatic rings. The molecule has 0 bridgehead atoms. The van der Waals surface area contributed by atoms with E-state index in [9.17, 15) is 8.42 Å². The Morgan fingerprint density at radius 3 is 2.67 bits per heavy atom. The van der Waals surface area contributed by atoms with Gasteiger partial charge in [0.15, 0.2) is 0 Å². The maximum Gasteiger partial charge on any atom is 0.276 e. The molecule has 0 spiro atoms. The summed E-state index contributed by atoms with van der Waals surface area (Å²) in [7, 11) is -2.25. The molecule has 0 N–H and O–H groups in total. The van der Waals surface area contributed by atoms with Gasteiger partial charge in [-0.1, -0.05) is 24.3 Å².